The second-order valence-corrected chi connectivity index (χ2v) is 8.35. The third-order valence-corrected chi connectivity index (χ3v) is 6.12. The summed E-state index contributed by atoms with van der Waals surface area (Å²) >= 11 is 1.64. The summed E-state index contributed by atoms with van der Waals surface area (Å²) in [5, 5.41) is 4.19. The van der Waals surface area contributed by atoms with Gasteiger partial charge in [-0.15, -0.1) is 0 Å². The minimum atomic E-state index is 0.844. The molecule has 1 saturated heterocycles. The second kappa shape index (κ2) is 9.28. The fourth-order valence-corrected chi connectivity index (χ4v) is 4.23. The maximum absolute atomic E-state index is 4.57. The predicted octanol–water partition coefficient (Wildman–Crippen LogP) is 4.13. The molecular weight excluding hydrogens is 366 g/mol. The van der Waals surface area contributed by atoms with E-state index in [9.17, 15) is 0 Å². The quantitative estimate of drug-likeness (QED) is 0.654. The molecule has 1 aliphatic rings. The van der Waals surface area contributed by atoms with E-state index in [-0.39, 0.29) is 0 Å². The average molecular weight is 394 g/mol. The van der Waals surface area contributed by atoms with Crippen LogP contribution < -0.4 is 5.32 Å². The molecule has 3 heterocycles. The van der Waals surface area contributed by atoms with Crippen molar-refractivity contribution >= 4 is 22.3 Å². The Morgan fingerprint density at radius 1 is 0.964 bits per heavy atom. The van der Waals surface area contributed by atoms with E-state index in [0.717, 1.165) is 22.2 Å². The first kappa shape index (κ1) is 19.1. The van der Waals surface area contributed by atoms with Crippen molar-refractivity contribution in [1.82, 2.24) is 19.8 Å². The zero-order valence-electron chi connectivity index (χ0n) is 16.3. The van der Waals surface area contributed by atoms with Gasteiger partial charge in [0.2, 0.25) is 0 Å². The predicted molar refractivity (Wildman–Crippen MR) is 117 cm³/mol. The molecule has 0 radical (unpaired) electrons. The zero-order chi connectivity index (χ0) is 19.2. The Kier molecular flexibility index (Phi) is 6.31. The van der Waals surface area contributed by atoms with Crippen LogP contribution in [0.1, 0.15) is 12.0 Å². The lowest BCUT2D eigenvalue weighted by molar-refractivity contribution is 0.153. The minimum absolute atomic E-state index is 0.844. The van der Waals surface area contributed by atoms with E-state index < -0.39 is 0 Å². The Hall–Kier alpha value is -2.28. The summed E-state index contributed by atoms with van der Waals surface area (Å²) in [6.07, 6.45) is 6.16. The van der Waals surface area contributed by atoms with Crippen molar-refractivity contribution in [1.29, 1.82) is 0 Å². The van der Waals surface area contributed by atoms with E-state index in [1.54, 1.807) is 11.3 Å². The molecule has 1 N–H and O–H groups in total. The van der Waals surface area contributed by atoms with Gasteiger partial charge in [-0.2, -0.15) is 0 Å². The highest BCUT2D eigenvalue weighted by atomic mass is 32.1. The summed E-state index contributed by atoms with van der Waals surface area (Å²) in [6, 6.07) is 14.6. The van der Waals surface area contributed by atoms with Crippen LogP contribution >= 0.6 is 11.3 Å². The van der Waals surface area contributed by atoms with Crippen LogP contribution in [0.15, 0.2) is 54.9 Å². The highest BCUT2D eigenvalue weighted by Gasteiger charge is 2.13. The van der Waals surface area contributed by atoms with Crippen LogP contribution in [0.4, 0.5) is 10.9 Å². The van der Waals surface area contributed by atoms with Gasteiger partial charge in [-0.1, -0.05) is 47.7 Å². The molecule has 0 aliphatic carbocycles. The summed E-state index contributed by atoms with van der Waals surface area (Å²) in [5.41, 5.74) is 2.49. The van der Waals surface area contributed by atoms with Crippen molar-refractivity contribution in [3.63, 3.8) is 0 Å². The van der Waals surface area contributed by atoms with Crippen LogP contribution in [0.3, 0.4) is 0 Å². The molecule has 1 fully saturated rings. The lowest BCUT2D eigenvalue weighted by Crippen LogP contribution is -2.44. The minimum Gasteiger partial charge on any atom is -0.316 e. The van der Waals surface area contributed by atoms with E-state index in [2.05, 4.69) is 56.4 Å². The summed E-state index contributed by atoms with van der Waals surface area (Å²) in [5.74, 6) is 0.844. The van der Waals surface area contributed by atoms with Gasteiger partial charge in [-0.05, 0) is 43.6 Å². The van der Waals surface area contributed by atoms with Crippen LogP contribution in [0.25, 0.3) is 10.4 Å². The third kappa shape index (κ3) is 5.16. The number of pyridine rings is 1. The maximum Gasteiger partial charge on any atom is 0.188 e. The third-order valence-electron chi connectivity index (χ3n) is 5.16. The molecule has 0 bridgehead atoms. The lowest BCUT2D eigenvalue weighted by atomic mass is 10.1. The average Bonchev–Trinajstić information content (AvgIpc) is 3.20. The molecule has 6 heteroatoms. The van der Waals surface area contributed by atoms with E-state index in [1.807, 2.05) is 30.6 Å². The van der Waals surface area contributed by atoms with Gasteiger partial charge in [0.15, 0.2) is 5.13 Å². The molecule has 1 aliphatic heterocycles. The lowest BCUT2D eigenvalue weighted by Gasteiger charge is -2.32. The molecule has 3 aromatic rings. The van der Waals surface area contributed by atoms with Crippen LogP contribution in [-0.4, -0.2) is 59.5 Å². The number of aryl methyl sites for hydroxylation is 1. The van der Waals surface area contributed by atoms with Crippen molar-refractivity contribution in [2.45, 2.75) is 12.8 Å². The summed E-state index contributed by atoms with van der Waals surface area (Å²) in [4.78, 5) is 15.2. The first-order valence-corrected chi connectivity index (χ1v) is 10.7. The zero-order valence-corrected chi connectivity index (χ0v) is 17.2. The van der Waals surface area contributed by atoms with Gasteiger partial charge in [-0.25, -0.2) is 9.97 Å². The number of benzene rings is 1. The molecule has 5 nitrogen and oxygen atoms in total. The molecular formula is C22H27N5S. The number of piperazine rings is 1. The number of nitrogens with one attached hydrogen (secondary N) is 1. The molecule has 1 aromatic carbocycles. The van der Waals surface area contributed by atoms with E-state index in [4.69, 9.17) is 0 Å². The molecule has 0 saturated carbocycles. The molecule has 146 valence electrons. The molecule has 28 heavy (non-hydrogen) atoms. The Morgan fingerprint density at radius 2 is 1.79 bits per heavy atom. The molecule has 2 aromatic heterocycles. The Labute approximate surface area is 171 Å². The van der Waals surface area contributed by atoms with E-state index in [1.165, 1.54) is 50.3 Å². The summed E-state index contributed by atoms with van der Waals surface area (Å²) in [7, 11) is 2.20. The van der Waals surface area contributed by atoms with Crippen molar-refractivity contribution in [3.05, 3.63) is 60.4 Å². The van der Waals surface area contributed by atoms with Crippen LogP contribution in [-0.2, 0) is 6.42 Å². The fraction of sp³-hybridized carbons (Fsp3) is 0.364. The van der Waals surface area contributed by atoms with Gasteiger partial charge in [0.1, 0.15) is 5.82 Å². The largest absolute Gasteiger partial charge is 0.316 e. The standard InChI is InChI=1S/C22H27N5S/c1-26-12-14-27(15-13-26)11-5-6-18-9-10-21(23-16-18)25-22-24-17-20(28-22)19-7-3-2-4-8-19/h2-4,7-10,16-17H,5-6,11-15H2,1H3,(H,23,24,25). The molecule has 0 unspecified atom stereocenters. The Balaban J connectivity index is 1.26. The highest BCUT2D eigenvalue weighted by Crippen LogP contribution is 2.30. The number of hydrogen-bond donors (Lipinski definition) is 1. The molecule has 0 atom stereocenters. The molecule has 0 spiro atoms. The van der Waals surface area contributed by atoms with E-state index >= 15 is 0 Å². The Morgan fingerprint density at radius 3 is 2.54 bits per heavy atom. The van der Waals surface area contributed by atoms with Crippen LogP contribution in [0, 0.1) is 0 Å². The fourth-order valence-electron chi connectivity index (χ4n) is 3.40. The summed E-state index contributed by atoms with van der Waals surface area (Å²) in [6.45, 7) is 5.93. The van der Waals surface area contributed by atoms with Gasteiger partial charge in [0.25, 0.3) is 0 Å². The van der Waals surface area contributed by atoms with Crippen molar-refractivity contribution in [2.75, 3.05) is 45.1 Å². The normalized spacial score (nSPS) is 15.6. The highest BCUT2D eigenvalue weighted by molar-refractivity contribution is 7.18. The smallest absolute Gasteiger partial charge is 0.188 e. The second-order valence-electron chi connectivity index (χ2n) is 7.32. The number of nitrogens with zero attached hydrogens (tertiary/aromatic N) is 4. The monoisotopic (exact) mass is 393 g/mol. The number of rotatable bonds is 7. The molecule has 0 amide bonds. The molecule has 4 rings (SSSR count). The van der Waals surface area contributed by atoms with Crippen molar-refractivity contribution in [3.8, 4) is 10.4 Å². The first-order valence-electron chi connectivity index (χ1n) is 9.90. The van der Waals surface area contributed by atoms with Gasteiger partial charge in [-0.3, -0.25) is 0 Å². The number of likely N-dealkylation sites (N-methyl/N-ethyl adjacent to an activating group) is 1. The number of hydrogen-bond acceptors (Lipinski definition) is 6. The number of anilines is 2. The SMILES string of the molecule is CN1CCN(CCCc2ccc(Nc3ncc(-c4ccccc4)s3)nc2)CC1. The van der Waals surface area contributed by atoms with Crippen LogP contribution in [0.2, 0.25) is 0 Å². The van der Waals surface area contributed by atoms with Crippen LogP contribution in [0.5, 0.6) is 0 Å². The number of aromatic nitrogens is 2. The first-order chi connectivity index (χ1) is 13.8. The topological polar surface area (TPSA) is 44.3 Å². The number of thiazole rings is 1. The van der Waals surface area contributed by atoms with Crippen molar-refractivity contribution < 1.29 is 0 Å². The van der Waals surface area contributed by atoms with Gasteiger partial charge < -0.3 is 15.1 Å². The Bertz CT molecular complexity index is 854. The van der Waals surface area contributed by atoms with E-state index in [0.29, 0.717) is 0 Å². The summed E-state index contributed by atoms with van der Waals surface area (Å²) < 4.78 is 0. The van der Waals surface area contributed by atoms with Gasteiger partial charge in [0, 0.05) is 38.6 Å². The maximum atomic E-state index is 4.57. The van der Waals surface area contributed by atoms with Gasteiger partial charge in [0.05, 0.1) is 4.88 Å². The van der Waals surface area contributed by atoms with Gasteiger partial charge >= 0.3 is 0 Å². The van der Waals surface area contributed by atoms with Crippen molar-refractivity contribution in [2.24, 2.45) is 0 Å².